The summed E-state index contributed by atoms with van der Waals surface area (Å²) in [6.45, 7) is 5.13. The predicted octanol–water partition coefficient (Wildman–Crippen LogP) is 7.92. The molecule has 0 saturated carbocycles. The zero-order chi connectivity index (χ0) is 36.1. The van der Waals surface area contributed by atoms with Crippen LogP contribution >= 0.6 is 22.7 Å². The molecule has 52 heavy (non-hydrogen) atoms. The number of ether oxygens (including phenoxy) is 1. The van der Waals surface area contributed by atoms with E-state index in [-0.39, 0.29) is 28.1 Å². The number of para-hydroxylation sites is 1. The third-order valence-corrected chi connectivity index (χ3v) is 12.1. The highest BCUT2D eigenvalue weighted by Gasteiger charge is 2.45. The van der Waals surface area contributed by atoms with Crippen molar-refractivity contribution in [2.24, 2.45) is 5.41 Å². The summed E-state index contributed by atoms with van der Waals surface area (Å²) in [5.74, 6) is -3.59. The molecule has 266 valence electrons. The van der Waals surface area contributed by atoms with Crippen LogP contribution < -0.4 is 20.4 Å². The Hall–Kier alpha value is -5.05. The number of benzene rings is 2. The molecule has 0 unspecified atom stereocenters. The Labute approximate surface area is 305 Å². The largest absolute Gasteiger partial charge is 0.381 e. The van der Waals surface area contributed by atoms with E-state index >= 15 is 4.39 Å². The molecule has 14 heteroatoms. The fraction of sp³-hybridized carbons (Fsp3) is 0.263. The number of carbonyl (C=O) groups excluding carboxylic acids is 3. The molecule has 5 aromatic rings. The first kappa shape index (κ1) is 34.1. The molecule has 1 spiro atoms. The SMILES string of the molecule is Cc1ccc(C(=O)Nc2ccc(C(=O)N3CCc4cc(C(=O)Nc5c(F)cccc5F)sc4-c4sccc43)c(F)c2)c(N2CC3(CCOCC3)C2)n1. The highest BCUT2D eigenvalue weighted by Crippen LogP contribution is 2.46. The lowest BCUT2D eigenvalue weighted by molar-refractivity contribution is -0.000519. The number of halogens is 3. The monoisotopic (exact) mass is 743 g/mol. The number of nitrogens with zero attached hydrogens (tertiary/aromatic N) is 3. The maximum atomic E-state index is 15.7. The minimum atomic E-state index is -0.882. The molecule has 8 rings (SSSR count). The maximum Gasteiger partial charge on any atom is 0.265 e. The van der Waals surface area contributed by atoms with Crippen molar-refractivity contribution >= 4 is 63.3 Å². The van der Waals surface area contributed by atoms with Gasteiger partial charge in [0, 0.05) is 49.6 Å². The molecule has 2 aromatic carbocycles. The van der Waals surface area contributed by atoms with Gasteiger partial charge < -0.3 is 25.2 Å². The van der Waals surface area contributed by atoms with Gasteiger partial charge in [-0.05, 0) is 91.7 Å². The van der Waals surface area contributed by atoms with E-state index in [4.69, 9.17) is 4.74 Å². The highest BCUT2D eigenvalue weighted by atomic mass is 32.1. The smallest absolute Gasteiger partial charge is 0.265 e. The second-order valence-electron chi connectivity index (χ2n) is 13.3. The Morgan fingerprint density at radius 1 is 0.865 bits per heavy atom. The number of aromatic nitrogens is 1. The molecule has 0 radical (unpaired) electrons. The first-order valence-electron chi connectivity index (χ1n) is 16.8. The summed E-state index contributed by atoms with van der Waals surface area (Å²) in [5.41, 5.74) is 2.21. The predicted molar refractivity (Wildman–Crippen MR) is 195 cm³/mol. The fourth-order valence-corrected chi connectivity index (χ4v) is 9.26. The number of rotatable bonds is 6. The number of fused-ring (bicyclic) bond motifs is 3. The Morgan fingerprint density at radius 2 is 1.62 bits per heavy atom. The van der Waals surface area contributed by atoms with Gasteiger partial charge >= 0.3 is 0 Å². The van der Waals surface area contributed by atoms with Gasteiger partial charge in [-0.1, -0.05) is 6.07 Å². The molecule has 2 saturated heterocycles. The van der Waals surface area contributed by atoms with Crippen molar-refractivity contribution in [3.63, 3.8) is 0 Å². The molecule has 2 N–H and O–H groups in total. The van der Waals surface area contributed by atoms with E-state index in [2.05, 4.69) is 20.5 Å². The summed E-state index contributed by atoms with van der Waals surface area (Å²) in [6, 6.07) is 14.3. The lowest BCUT2D eigenvalue weighted by Crippen LogP contribution is -2.59. The van der Waals surface area contributed by atoms with Crippen molar-refractivity contribution < 1.29 is 32.3 Å². The summed E-state index contributed by atoms with van der Waals surface area (Å²) in [6.07, 6.45) is 2.31. The summed E-state index contributed by atoms with van der Waals surface area (Å²) in [7, 11) is 0. The lowest BCUT2D eigenvalue weighted by Gasteiger charge is -2.53. The second kappa shape index (κ2) is 13.5. The Morgan fingerprint density at radius 3 is 2.37 bits per heavy atom. The average Bonchev–Trinajstić information content (AvgIpc) is 3.74. The number of carbonyl (C=O) groups is 3. The van der Waals surface area contributed by atoms with Crippen LogP contribution in [-0.2, 0) is 11.2 Å². The number of hydrogen-bond acceptors (Lipinski definition) is 8. The van der Waals surface area contributed by atoms with Crippen LogP contribution in [-0.4, -0.2) is 55.6 Å². The number of hydrogen-bond donors (Lipinski definition) is 2. The summed E-state index contributed by atoms with van der Waals surface area (Å²) in [4.78, 5) is 50.4. The van der Waals surface area contributed by atoms with E-state index in [1.165, 1.54) is 34.4 Å². The van der Waals surface area contributed by atoms with Gasteiger partial charge in [-0.25, -0.2) is 18.2 Å². The minimum Gasteiger partial charge on any atom is -0.381 e. The van der Waals surface area contributed by atoms with Crippen molar-refractivity contribution in [3.8, 4) is 9.75 Å². The fourth-order valence-electron chi connectivity index (χ4n) is 7.06. The molecule has 0 bridgehead atoms. The molecule has 6 heterocycles. The number of amides is 3. The molecule has 3 aliphatic rings. The van der Waals surface area contributed by atoms with Gasteiger partial charge in [0.2, 0.25) is 0 Å². The number of thiophene rings is 2. The number of pyridine rings is 1. The van der Waals surface area contributed by atoms with Gasteiger partial charge in [0.1, 0.15) is 29.0 Å². The minimum absolute atomic E-state index is 0.160. The molecular formula is C38H32F3N5O4S2. The Balaban J connectivity index is 0.979. The number of anilines is 4. The van der Waals surface area contributed by atoms with Crippen molar-refractivity contribution in [1.82, 2.24) is 4.98 Å². The quantitative estimate of drug-likeness (QED) is 0.183. The van der Waals surface area contributed by atoms with Gasteiger partial charge in [0.05, 0.1) is 31.4 Å². The maximum absolute atomic E-state index is 15.7. The van der Waals surface area contributed by atoms with E-state index in [1.54, 1.807) is 29.6 Å². The molecule has 0 aliphatic carbocycles. The van der Waals surface area contributed by atoms with Gasteiger partial charge in [-0.2, -0.15) is 0 Å². The van der Waals surface area contributed by atoms with Crippen LogP contribution in [0.1, 0.15) is 54.5 Å². The van der Waals surface area contributed by atoms with Crippen LogP contribution in [0.3, 0.4) is 0 Å². The molecule has 3 aliphatic heterocycles. The van der Waals surface area contributed by atoms with Gasteiger partial charge in [0.15, 0.2) is 0 Å². The van der Waals surface area contributed by atoms with E-state index in [0.29, 0.717) is 23.5 Å². The Kier molecular flexibility index (Phi) is 8.84. The summed E-state index contributed by atoms with van der Waals surface area (Å²) >= 11 is 2.52. The zero-order valence-corrected chi connectivity index (χ0v) is 29.6. The van der Waals surface area contributed by atoms with Crippen LogP contribution in [0.25, 0.3) is 9.75 Å². The topological polar surface area (TPSA) is 104 Å². The van der Waals surface area contributed by atoms with Crippen LogP contribution in [0.2, 0.25) is 0 Å². The normalized spacial score (nSPS) is 16.1. The second-order valence-corrected chi connectivity index (χ2v) is 15.3. The van der Waals surface area contributed by atoms with E-state index < -0.39 is 40.9 Å². The first-order chi connectivity index (χ1) is 25.1. The zero-order valence-electron chi connectivity index (χ0n) is 27.9. The first-order valence-corrected chi connectivity index (χ1v) is 18.5. The molecule has 9 nitrogen and oxygen atoms in total. The Bertz CT molecular complexity index is 2220. The van der Waals surface area contributed by atoms with E-state index in [1.807, 2.05) is 6.92 Å². The van der Waals surface area contributed by atoms with Crippen LogP contribution in [0.15, 0.2) is 66.0 Å². The van der Waals surface area contributed by atoms with Crippen LogP contribution in [0.4, 0.5) is 36.1 Å². The standard InChI is InChI=1S/C38H32F3N5O4S2/c1-21-5-7-25(34(42-21)45-19-38(20-45)11-14-50-15-12-38)35(47)43-23-6-8-24(28(41)18-23)37(49)46-13-9-22-17-30(52-32(22)33-29(46)10-16-51-33)36(48)44-31-26(39)3-2-4-27(31)40/h2-8,10,16-18H,9,11-15,19-20H2,1H3,(H,43,47)(H,44,48). The highest BCUT2D eigenvalue weighted by molar-refractivity contribution is 7.23. The average molecular weight is 744 g/mol. The van der Waals surface area contributed by atoms with Crippen molar-refractivity contribution in [2.45, 2.75) is 26.2 Å². The van der Waals surface area contributed by atoms with Crippen LogP contribution in [0.5, 0.6) is 0 Å². The lowest BCUT2D eigenvalue weighted by atomic mass is 9.73. The number of aryl methyl sites for hydroxylation is 1. The third kappa shape index (κ3) is 6.24. The molecule has 3 aromatic heterocycles. The third-order valence-electron chi connectivity index (χ3n) is 9.85. The van der Waals surface area contributed by atoms with Gasteiger partial charge in [0.25, 0.3) is 17.7 Å². The summed E-state index contributed by atoms with van der Waals surface area (Å²) in [5, 5.41) is 6.92. The van der Waals surface area contributed by atoms with Crippen LogP contribution in [0, 0.1) is 29.8 Å². The molecular weight excluding hydrogens is 712 g/mol. The van der Waals surface area contributed by atoms with Gasteiger partial charge in [-0.15, -0.1) is 22.7 Å². The van der Waals surface area contributed by atoms with E-state index in [9.17, 15) is 23.2 Å². The molecule has 0 atom stereocenters. The van der Waals surface area contributed by atoms with Crippen molar-refractivity contribution in [1.29, 1.82) is 0 Å². The molecule has 3 amide bonds. The van der Waals surface area contributed by atoms with Crippen molar-refractivity contribution in [2.75, 3.05) is 53.3 Å². The summed E-state index contributed by atoms with van der Waals surface area (Å²) < 4.78 is 49.6. The van der Waals surface area contributed by atoms with Gasteiger partial charge in [-0.3, -0.25) is 14.4 Å². The molecule has 2 fully saturated rings. The van der Waals surface area contributed by atoms with E-state index in [0.717, 1.165) is 89.7 Å². The number of nitrogens with one attached hydrogen (secondary N) is 2. The van der Waals surface area contributed by atoms with Crippen molar-refractivity contribution in [3.05, 3.63) is 111 Å².